The minimum absolute atomic E-state index is 0.0375. The molecule has 0 amide bonds. The van der Waals surface area contributed by atoms with Gasteiger partial charge in [0, 0.05) is 31.9 Å². The van der Waals surface area contributed by atoms with E-state index in [4.69, 9.17) is 0 Å². The number of aryl methyl sites for hydroxylation is 1. The molecule has 6 nitrogen and oxygen atoms in total. The van der Waals surface area contributed by atoms with Crippen LogP contribution in [0.5, 0.6) is 0 Å². The summed E-state index contributed by atoms with van der Waals surface area (Å²) in [6.45, 7) is 6.73. The second kappa shape index (κ2) is 6.02. The first-order chi connectivity index (χ1) is 9.09. The van der Waals surface area contributed by atoms with E-state index in [1.54, 1.807) is 21.4 Å². The fourth-order valence-electron chi connectivity index (χ4n) is 2.47. The Labute approximate surface area is 114 Å². The zero-order valence-corrected chi connectivity index (χ0v) is 12.4. The van der Waals surface area contributed by atoms with E-state index in [1.165, 1.54) is 0 Å². The van der Waals surface area contributed by atoms with E-state index >= 15 is 0 Å². The highest BCUT2D eigenvalue weighted by molar-refractivity contribution is 7.89. The van der Waals surface area contributed by atoms with Crippen LogP contribution in [0, 0.1) is 0 Å². The standard InChI is InChI=1S/C12H22N4O2S/c1-3-15-9-12(14-10-15)19(17,18)16(4-2)11-6-5-7-13-8-11/h9-11,13H,3-8H2,1-2H3. The van der Waals surface area contributed by atoms with Gasteiger partial charge in [0.05, 0.1) is 6.33 Å². The number of hydrogen-bond donors (Lipinski definition) is 1. The number of rotatable bonds is 5. The largest absolute Gasteiger partial charge is 0.336 e. The monoisotopic (exact) mass is 286 g/mol. The summed E-state index contributed by atoms with van der Waals surface area (Å²) >= 11 is 0. The average molecular weight is 286 g/mol. The summed E-state index contributed by atoms with van der Waals surface area (Å²) in [6.07, 6.45) is 5.10. The predicted molar refractivity (Wildman–Crippen MR) is 73.4 cm³/mol. The van der Waals surface area contributed by atoms with Gasteiger partial charge in [0.2, 0.25) is 0 Å². The van der Waals surface area contributed by atoms with Crippen molar-refractivity contribution in [3.63, 3.8) is 0 Å². The summed E-state index contributed by atoms with van der Waals surface area (Å²) in [7, 11) is -3.48. The Bertz CT molecular complexity index is 506. The quantitative estimate of drug-likeness (QED) is 0.864. The van der Waals surface area contributed by atoms with Crippen LogP contribution in [0.1, 0.15) is 26.7 Å². The number of imidazole rings is 1. The molecule has 1 aliphatic heterocycles. The molecule has 1 atom stereocenters. The summed E-state index contributed by atoms with van der Waals surface area (Å²) in [5.41, 5.74) is 0. The van der Waals surface area contributed by atoms with Gasteiger partial charge >= 0.3 is 0 Å². The first-order valence-electron chi connectivity index (χ1n) is 6.84. The zero-order valence-electron chi connectivity index (χ0n) is 11.5. The molecule has 1 N–H and O–H groups in total. The van der Waals surface area contributed by atoms with Crippen LogP contribution in [-0.2, 0) is 16.6 Å². The minimum Gasteiger partial charge on any atom is -0.336 e. The smallest absolute Gasteiger partial charge is 0.262 e. The number of likely N-dealkylation sites (N-methyl/N-ethyl adjacent to an activating group) is 1. The Morgan fingerprint density at radius 3 is 2.84 bits per heavy atom. The van der Waals surface area contributed by atoms with E-state index in [0.29, 0.717) is 6.54 Å². The van der Waals surface area contributed by atoms with Crippen molar-refractivity contribution in [3.05, 3.63) is 12.5 Å². The lowest BCUT2D eigenvalue weighted by Gasteiger charge is -2.32. The van der Waals surface area contributed by atoms with Gasteiger partial charge < -0.3 is 9.88 Å². The maximum absolute atomic E-state index is 12.6. The zero-order chi connectivity index (χ0) is 13.9. The van der Waals surface area contributed by atoms with Crippen molar-refractivity contribution in [1.82, 2.24) is 19.2 Å². The molecule has 19 heavy (non-hydrogen) atoms. The minimum atomic E-state index is -3.48. The Morgan fingerprint density at radius 2 is 2.32 bits per heavy atom. The van der Waals surface area contributed by atoms with Crippen molar-refractivity contribution < 1.29 is 8.42 Å². The molecular weight excluding hydrogens is 264 g/mol. The topological polar surface area (TPSA) is 67.2 Å². The Hall–Kier alpha value is -0.920. The van der Waals surface area contributed by atoms with Gasteiger partial charge in [-0.3, -0.25) is 0 Å². The molecule has 0 aliphatic carbocycles. The highest BCUT2D eigenvalue weighted by Crippen LogP contribution is 2.20. The SMILES string of the molecule is CCN(C1CCCNC1)S(=O)(=O)c1cn(CC)cn1. The molecule has 108 valence electrons. The van der Waals surface area contributed by atoms with Gasteiger partial charge in [0.25, 0.3) is 10.0 Å². The summed E-state index contributed by atoms with van der Waals surface area (Å²) < 4.78 is 28.6. The molecule has 0 aromatic carbocycles. The number of hydrogen-bond acceptors (Lipinski definition) is 4. The summed E-state index contributed by atoms with van der Waals surface area (Å²) in [5, 5.41) is 3.41. The molecule has 0 radical (unpaired) electrons. The molecule has 1 aliphatic rings. The van der Waals surface area contributed by atoms with Crippen molar-refractivity contribution >= 4 is 10.0 Å². The molecule has 1 unspecified atom stereocenters. The third kappa shape index (κ3) is 2.98. The predicted octanol–water partition coefficient (Wildman–Crippen LogP) is 0.666. The molecular formula is C12H22N4O2S. The van der Waals surface area contributed by atoms with Gasteiger partial charge in [-0.1, -0.05) is 6.92 Å². The lowest BCUT2D eigenvalue weighted by Crippen LogP contribution is -2.48. The fraction of sp³-hybridized carbons (Fsp3) is 0.750. The van der Waals surface area contributed by atoms with Crippen LogP contribution < -0.4 is 5.32 Å². The van der Waals surface area contributed by atoms with Crippen molar-refractivity contribution in [3.8, 4) is 0 Å². The van der Waals surface area contributed by atoms with Crippen molar-refractivity contribution in [1.29, 1.82) is 0 Å². The maximum Gasteiger partial charge on any atom is 0.262 e. The van der Waals surface area contributed by atoms with E-state index in [9.17, 15) is 8.42 Å². The van der Waals surface area contributed by atoms with Crippen molar-refractivity contribution in [2.45, 2.75) is 44.3 Å². The molecule has 2 rings (SSSR count). The number of nitrogens with zero attached hydrogens (tertiary/aromatic N) is 3. The van der Waals surface area contributed by atoms with Crippen LogP contribution >= 0.6 is 0 Å². The Morgan fingerprint density at radius 1 is 1.53 bits per heavy atom. The number of aromatic nitrogens is 2. The Kier molecular flexibility index (Phi) is 4.59. The molecule has 0 spiro atoms. The summed E-state index contributed by atoms with van der Waals surface area (Å²) in [5.74, 6) is 0. The lowest BCUT2D eigenvalue weighted by molar-refractivity contribution is 0.274. The molecule has 1 aromatic heterocycles. The fourth-order valence-corrected chi connectivity index (χ4v) is 4.07. The molecule has 0 bridgehead atoms. The van der Waals surface area contributed by atoms with Crippen LogP contribution in [-0.4, -0.2) is 48.0 Å². The van der Waals surface area contributed by atoms with E-state index in [-0.39, 0.29) is 11.1 Å². The molecule has 1 saturated heterocycles. The normalized spacial score (nSPS) is 20.9. The highest BCUT2D eigenvalue weighted by atomic mass is 32.2. The average Bonchev–Trinajstić information content (AvgIpc) is 2.90. The number of nitrogens with one attached hydrogen (secondary N) is 1. The van der Waals surface area contributed by atoms with Gasteiger partial charge in [0.15, 0.2) is 5.03 Å². The van der Waals surface area contributed by atoms with Crippen molar-refractivity contribution in [2.24, 2.45) is 0 Å². The van der Waals surface area contributed by atoms with E-state index in [0.717, 1.165) is 32.5 Å². The third-order valence-electron chi connectivity index (χ3n) is 3.54. The van der Waals surface area contributed by atoms with Crippen LogP contribution in [0.2, 0.25) is 0 Å². The Balaban J connectivity index is 2.24. The number of piperidine rings is 1. The molecule has 1 fully saturated rings. The second-order valence-electron chi connectivity index (χ2n) is 4.75. The number of sulfonamides is 1. The first kappa shape index (κ1) is 14.5. The van der Waals surface area contributed by atoms with Crippen LogP contribution in [0.3, 0.4) is 0 Å². The third-order valence-corrected chi connectivity index (χ3v) is 5.45. The van der Waals surface area contributed by atoms with Gasteiger partial charge in [-0.25, -0.2) is 13.4 Å². The van der Waals surface area contributed by atoms with Crippen LogP contribution in [0.25, 0.3) is 0 Å². The van der Waals surface area contributed by atoms with Gasteiger partial charge in [-0.05, 0) is 26.3 Å². The van der Waals surface area contributed by atoms with Gasteiger partial charge in [0.1, 0.15) is 0 Å². The van der Waals surface area contributed by atoms with Crippen LogP contribution in [0.4, 0.5) is 0 Å². The molecule has 2 heterocycles. The first-order valence-corrected chi connectivity index (χ1v) is 8.28. The van der Waals surface area contributed by atoms with E-state index < -0.39 is 10.0 Å². The lowest BCUT2D eigenvalue weighted by atomic mass is 10.1. The van der Waals surface area contributed by atoms with E-state index in [1.807, 2.05) is 13.8 Å². The highest BCUT2D eigenvalue weighted by Gasteiger charge is 2.32. The second-order valence-corrected chi connectivity index (χ2v) is 6.59. The van der Waals surface area contributed by atoms with Gasteiger partial charge in [-0.2, -0.15) is 4.31 Å². The summed E-state index contributed by atoms with van der Waals surface area (Å²) in [6, 6.07) is 0.0375. The molecule has 7 heteroatoms. The summed E-state index contributed by atoms with van der Waals surface area (Å²) in [4.78, 5) is 4.04. The van der Waals surface area contributed by atoms with Crippen LogP contribution in [0.15, 0.2) is 17.6 Å². The molecule has 1 aromatic rings. The van der Waals surface area contributed by atoms with E-state index in [2.05, 4.69) is 10.3 Å². The maximum atomic E-state index is 12.6. The van der Waals surface area contributed by atoms with Crippen molar-refractivity contribution in [2.75, 3.05) is 19.6 Å². The molecule has 0 saturated carbocycles. The van der Waals surface area contributed by atoms with Gasteiger partial charge in [-0.15, -0.1) is 0 Å².